The van der Waals surface area contributed by atoms with E-state index in [0.717, 1.165) is 60.1 Å². The lowest BCUT2D eigenvalue weighted by atomic mass is 9.85. The van der Waals surface area contributed by atoms with Crippen molar-refractivity contribution in [1.82, 2.24) is 35.6 Å². The van der Waals surface area contributed by atoms with Gasteiger partial charge >= 0.3 is 0 Å². The molecule has 2 aromatic heterocycles. The number of β-amino-alcohol motifs (C(OH)–C–C–N with tert-alkyl or cyclic N) is 1. The highest BCUT2D eigenvalue weighted by Gasteiger charge is 2.53. The molecule has 16 nitrogen and oxygen atoms in total. The van der Waals surface area contributed by atoms with Gasteiger partial charge in [0.15, 0.2) is 11.5 Å². The largest absolute Gasteiger partial charge is 0.507 e. The first-order valence-corrected chi connectivity index (χ1v) is 22.6. The zero-order valence-corrected chi connectivity index (χ0v) is 37.7. The lowest BCUT2D eigenvalue weighted by molar-refractivity contribution is -0.145. The van der Waals surface area contributed by atoms with Gasteiger partial charge in [0.2, 0.25) is 11.8 Å². The number of phenols is 1. The highest BCUT2D eigenvalue weighted by atomic mass is 32.1. The van der Waals surface area contributed by atoms with E-state index in [2.05, 4.69) is 45.8 Å². The number of aliphatic hydroxyl groups is 1. The fourth-order valence-electron chi connectivity index (χ4n) is 8.20. The normalized spacial score (nSPS) is 19.0. The average Bonchev–Trinajstić information content (AvgIpc) is 3.70. The molecule has 3 atom stereocenters. The fourth-order valence-corrected chi connectivity index (χ4v) is 9.00. The van der Waals surface area contributed by atoms with E-state index < -0.39 is 47.0 Å². The summed E-state index contributed by atoms with van der Waals surface area (Å²) >= 11 is 1.51. The first kappa shape index (κ1) is 45.2. The van der Waals surface area contributed by atoms with Crippen molar-refractivity contribution in [3.8, 4) is 27.4 Å². The summed E-state index contributed by atoms with van der Waals surface area (Å²) in [5.41, 5.74) is 12.0. The Balaban J connectivity index is 0.919. The minimum atomic E-state index is -1.98. The summed E-state index contributed by atoms with van der Waals surface area (Å²) in [5, 5.41) is 44.2. The van der Waals surface area contributed by atoms with Crippen molar-refractivity contribution in [2.24, 2.45) is 15.6 Å². The second kappa shape index (κ2) is 18.6. The van der Waals surface area contributed by atoms with Crippen molar-refractivity contribution in [2.75, 3.05) is 43.4 Å². The topological polar surface area (TPSA) is 215 Å². The number of alkyl halides is 1. The van der Waals surface area contributed by atoms with E-state index in [1.807, 2.05) is 61.5 Å². The minimum absolute atomic E-state index is 0.0128. The lowest BCUT2D eigenvalue weighted by Gasteiger charge is -2.36. The molecule has 3 fully saturated rings. The number of nitrogens with two attached hydrogens (primary N) is 1. The summed E-state index contributed by atoms with van der Waals surface area (Å²) in [7, 11) is 0. The zero-order valence-electron chi connectivity index (χ0n) is 36.9. The Hall–Kier alpha value is -6.37. The molecule has 6 N–H and O–H groups in total. The molecule has 4 heterocycles. The maximum atomic E-state index is 14.7. The van der Waals surface area contributed by atoms with Gasteiger partial charge < -0.3 is 36.4 Å². The highest BCUT2D eigenvalue weighted by Crippen LogP contribution is 2.41. The number of benzene rings is 3. The number of piperazine rings is 1. The highest BCUT2D eigenvalue weighted by molar-refractivity contribution is 7.13. The molecule has 0 unspecified atom stereocenters. The van der Waals surface area contributed by atoms with Crippen LogP contribution in [-0.2, 0) is 27.5 Å². The number of aromatic nitrogens is 3. The smallest absolute Gasteiger partial charge is 0.258 e. The number of hydrogen-bond acceptors (Lipinski definition) is 14. The summed E-state index contributed by atoms with van der Waals surface area (Å²) in [6.07, 6.45) is -0.734. The molecule has 2 saturated heterocycles. The molecule has 1 aliphatic carbocycles. The zero-order chi connectivity index (χ0) is 46.0. The number of aromatic hydroxyl groups is 1. The number of carbonyl (C=O) groups excluding carboxylic acids is 3. The third-order valence-corrected chi connectivity index (χ3v) is 13.2. The molecular weight excluding hydrogens is 850 g/mol. The van der Waals surface area contributed by atoms with Gasteiger partial charge in [-0.1, -0.05) is 57.2 Å². The van der Waals surface area contributed by atoms with Gasteiger partial charge in [0.05, 0.1) is 44.9 Å². The number of thiazole rings is 1. The van der Waals surface area contributed by atoms with Crippen molar-refractivity contribution < 1.29 is 29.0 Å². The third-order valence-electron chi connectivity index (χ3n) is 12.2. The Labute approximate surface area is 380 Å². The number of phenolic OH excluding ortho intramolecular Hbond substituents is 1. The van der Waals surface area contributed by atoms with Gasteiger partial charge in [-0.3, -0.25) is 19.3 Å². The first-order valence-electron chi connectivity index (χ1n) is 21.8. The van der Waals surface area contributed by atoms with Crippen LogP contribution in [0.2, 0.25) is 0 Å². The van der Waals surface area contributed by atoms with Crippen LogP contribution in [0.1, 0.15) is 56.9 Å². The maximum absolute atomic E-state index is 14.7. The number of aliphatic hydroxyl groups excluding tert-OH is 1. The molecule has 3 aliphatic rings. The summed E-state index contributed by atoms with van der Waals surface area (Å²) < 4.78 is 14.7. The Bertz CT molecular complexity index is 2590. The minimum Gasteiger partial charge on any atom is -0.507 e. The molecule has 2 aliphatic heterocycles. The monoisotopic (exact) mass is 903 g/mol. The van der Waals surface area contributed by atoms with E-state index in [9.17, 15) is 29.0 Å². The number of hydrogen-bond donors (Lipinski definition) is 5. The van der Waals surface area contributed by atoms with Crippen LogP contribution in [0, 0.1) is 12.3 Å². The number of likely N-dealkylation sites (tertiary alicyclic amines) is 1. The van der Waals surface area contributed by atoms with Crippen molar-refractivity contribution in [3.05, 3.63) is 95.1 Å². The van der Waals surface area contributed by atoms with Crippen LogP contribution in [0.15, 0.2) is 88.5 Å². The fraction of sp³-hybridized carbons (Fsp3) is 0.404. The van der Waals surface area contributed by atoms with Gasteiger partial charge in [-0.15, -0.1) is 21.5 Å². The van der Waals surface area contributed by atoms with Crippen molar-refractivity contribution >= 4 is 51.9 Å². The van der Waals surface area contributed by atoms with E-state index in [1.54, 1.807) is 44.5 Å². The number of nitrogen functional groups attached to an aromatic ring is 1. The number of nitrogens with zero attached hydrogens (tertiary/aromatic N) is 8. The molecular formula is C47H54FN11O5S. The molecule has 5 aromatic rings. The van der Waals surface area contributed by atoms with E-state index in [-0.39, 0.29) is 38.1 Å². The Morgan fingerprint density at radius 3 is 2.42 bits per heavy atom. The number of aryl methyl sites for hydroxylation is 1. The number of anilines is 2. The summed E-state index contributed by atoms with van der Waals surface area (Å²) in [6, 6.07) is 20.4. The molecule has 0 bridgehead atoms. The number of rotatable bonds is 13. The Kier molecular flexibility index (Phi) is 12.9. The molecule has 3 amide bonds. The van der Waals surface area contributed by atoms with Gasteiger partial charge in [-0.25, -0.2) is 9.37 Å². The second-order valence-electron chi connectivity index (χ2n) is 18.1. The van der Waals surface area contributed by atoms with Crippen molar-refractivity contribution in [2.45, 2.75) is 83.9 Å². The number of carbonyl (C=O) groups is 3. The van der Waals surface area contributed by atoms with E-state index in [4.69, 9.17) is 5.73 Å². The van der Waals surface area contributed by atoms with Crippen LogP contribution in [0.4, 0.5) is 27.3 Å². The summed E-state index contributed by atoms with van der Waals surface area (Å²) in [5.74, 6) is -1.38. The molecule has 18 heteroatoms. The van der Waals surface area contributed by atoms with Crippen LogP contribution < -0.4 is 21.3 Å². The number of para-hydroxylation sites is 1. The third kappa shape index (κ3) is 10.3. The summed E-state index contributed by atoms with van der Waals surface area (Å²) in [4.78, 5) is 51.7. The van der Waals surface area contributed by atoms with Gasteiger partial charge in [-0.2, -0.15) is 10.2 Å². The van der Waals surface area contributed by atoms with E-state index >= 15 is 0 Å². The molecule has 1 saturated carbocycles. The first-order chi connectivity index (χ1) is 31.1. The number of halogens is 1. The van der Waals surface area contributed by atoms with Crippen molar-refractivity contribution in [3.63, 3.8) is 0 Å². The second-order valence-corrected chi connectivity index (χ2v) is 19.0. The number of azo groups is 1. The van der Waals surface area contributed by atoms with Gasteiger partial charge in [-0.05, 0) is 78.3 Å². The molecule has 65 heavy (non-hydrogen) atoms. The predicted molar refractivity (Wildman–Crippen MR) is 246 cm³/mol. The SMILES string of the molecule is Cc1ncsc1-c1ccc(CNC(=O)[C@H]2C[C@H](O)CN2C(=O)[C@@H](NC(=O)C2(F)CC2)C(C)(C)C)c(N=Nc2ccc(CN3CCN(c4cc(-c5ccccc5O)nnc4N)CC3)cc2)c1. The van der Waals surface area contributed by atoms with Crippen molar-refractivity contribution in [1.29, 1.82) is 0 Å². The predicted octanol–water partition coefficient (Wildman–Crippen LogP) is 6.21. The summed E-state index contributed by atoms with van der Waals surface area (Å²) in [6.45, 7) is 11.0. The maximum Gasteiger partial charge on any atom is 0.258 e. The molecule has 3 aromatic carbocycles. The van der Waals surface area contributed by atoms with Gasteiger partial charge in [0, 0.05) is 57.8 Å². The Morgan fingerprint density at radius 1 is 1.00 bits per heavy atom. The molecule has 340 valence electrons. The number of amides is 3. The lowest BCUT2D eigenvalue weighted by Crippen LogP contribution is -2.59. The molecule has 8 rings (SSSR count). The van der Waals surface area contributed by atoms with Crippen LogP contribution in [0.25, 0.3) is 21.7 Å². The van der Waals surface area contributed by atoms with Gasteiger partial charge in [0.25, 0.3) is 5.91 Å². The van der Waals surface area contributed by atoms with Crippen LogP contribution in [-0.4, -0.2) is 109 Å². The average molecular weight is 904 g/mol. The van der Waals surface area contributed by atoms with Crippen LogP contribution in [0.3, 0.4) is 0 Å². The Morgan fingerprint density at radius 2 is 1.74 bits per heavy atom. The standard InChI is InChI=1S/C47H54FN11O5S/c1-28-40(65-27-51-28)30-11-12-31(24-50-43(62)38-22-33(60)26-59(38)44(63)41(46(2,3)4)52-45(64)47(48)15-16-47)35(21-30)54-53-32-13-9-29(10-14-32)25-57-17-19-58(20-18-57)37-23-36(55-56-42(37)49)34-7-5-6-8-39(34)61/h5-14,21,23,27,33,38,41,60-61H,15-20,22,24-26H2,1-4H3,(H2,49,56)(H,50,62)(H,52,64)/t33-,38+,41+/m0/s1. The van der Waals surface area contributed by atoms with E-state index in [1.165, 1.54) is 16.2 Å². The molecule has 0 spiro atoms. The number of nitrogens with one attached hydrogen (secondary N) is 2. The van der Waals surface area contributed by atoms with E-state index in [0.29, 0.717) is 34.0 Å². The quantitative estimate of drug-likeness (QED) is 0.0838. The molecule has 0 radical (unpaired) electrons. The van der Waals surface area contributed by atoms with Crippen LogP contribution >= 0.6 is 11.3 Å². The van der Waals surface area contributed by atoms with Gasteiger partial charge in [0.1, 0.15) is 17.8 Å². The van der Waals surface area contributed by atoms with Crippen LogP contribution in [0.5, 0.6) is 5.75 Å².